The van der Waals surface area contributed by atoms with Crippen molar-refractivity contribution in [3.63, 3.8) is 0 Å². The van der Waals surface area contributed by atoms with Crippen LogP contribution in [0.1, 0.15) is 36.1 Å². The maximum Gasteiger partial charge on any atom is 0.526 e. The number of urea groups is 1. The first kappa shape index (κ1) is 27.3. The first-order chi connectivity index (χ1) is 18.0. The number of benzene rings is 2. The molecule has 0 radical (unpaired) electrons. The van der Waals surface area contributed by atoms with Crippen molar-refractivity contribution >= 4 is 42.3 Å². The van der Waals surface area contributed by atoms with Crippen LogP contribution in [0, 0.1) is 6.92 Å². The number of para-hydroxylation sites is 1. The number of amides is 4. The molecule has 4 N–H and O–H groups in total. The van der Waals surface area contributed by atoms with Gasteiger partial charge in [-0.25, -0.2) is 4.79 Å². The second kappa shape index (κ2) is 10.9. The van der Waals surface area contributed by atoms with Crippen molar-refractivity contribution in [2.75, 3.05) is 19.6 Å². The standard InChI is InChI=1S/C25H27BClN3O8/c1-3-29-7-8-30(24(35)23(29)34)25(36)28-21(16-11-18(31)19(32)12-17(16)27)20(33)10-15-9-14-6-4-5-13(2)22(14)38-26(15)37/h4-6,11-12,15,21,31-32,37H,3,7-10H2,1-2H3,(H,28,36)/t15-,21?/m1/s1. The molecule has 0 saturated carbocycles. The van der Waals surface area contributed by atoms with Gasteiger partial charge in [0.2, 0.25) is 0 Å². The molecule has 2 aliphatic heterocycles. The summed E-state index contributed by atoms with van der Waals surface area (Å²) in [6.07, 6.45) is 0.0685. The number of rotatable bonds is 6. The van der Waals surface area contributed by atoms with Gasteiger partial charge in [0.25, 0.3) is 0 Å². The number of halogens is 1. The van der Waals surface area contributed by atoms with Gasteiger partial charge in [0.05, 0.1) is 5.02 Å². The number of likely N-dealkylation sites (N-methyl/N-ethyl adjacent to an activating group) is 1. The minimum Gasteiger partial charge on any atom is -0.536 e. The van der Waals surface area contributed by atoms with Gasteiger partial charge in [0.1, 0.15) is 11.8 Å². The molecule has 2 aromatic rings. The summed E-state index contributed by atoms with van der Waals surface area (Å²) in [5.41, 5.74) is 1.62. The fourth-order valence-electron chi connectivity index (χ4n) is 4.68. The second-order valence-electron chi connectivity index (χ2n) is 9.29. The van der Waals surface area contributed by atoms with E-state index in [4.69, 9.17) is 16.3 Å². The molecule has 1 unspecified atom stereocenters. The summed E-state index contributed by atoms with van der Waals surface area (Å²) in [5.74, 6) is -3.70. The Bertz CT molecular complexity index is 1310. The number of carbonyl (C=O) groups excluding carboxylic acids is 4. The van der Waals surface area contributed by atoms with Crippen LogP contribution in [0.3, 0.4) is 0 Å². The number of hydrogen-bond acceptors (Lipinski definition) is 8. The largest absolute Gasteiger partial charge is 0.536 e. The third kappa shape index (κ3) is 5.27. The number of phenolic OH excluding ortho intramolecular Hbond substituents is 2. The van der Waals surface area contributed by atoms with Gasteiger partial charge >= 0.3 is 25.0 Å². The van der Waals surface area contributed by atoms with E-state index in [1.807, 2.05) is 25.1 Å². The number of imide groups is 1. The monoisotopic (exact) mass is 543 g/mol. The number of Topliss-reactive ketones (excluding diaryl/α,β-unsaturated/α-hetero) is 1. The Labute approximate surface area is 224 Å². The molecule has 2 aromatic carbocycles. The van der Waals surface area contributed by atoms with E-state index in [1.165, 1.54) is 4.90 Å². The Balaban J connectivity index is 1.60. The van der Waals surface area contributed by atoms with Crippen LogP contribution in [0.15, 0.2) is 30.3 Å². The third-order valence-corrected chi connectivity index (χ3v) is 7.14. The van der Waals surface area contributed by atoms with Crippen LogP contribution in [0.2, 0.25) is 10.8 Å². The van der Waals surface area contributed by atoms with Crippen LogP contribution in [-0.2, 0) is 20.8 Å². The molecule has 0 bridgehead atoms. The normalized spacial score (nSPS) is 18.1. The number of carbonyl (C=O) groups is 4. The number of ketones is 1. The smallest absolute Gasteiger partial charge is 0.526 e. The molecular formula is C25H27BClN3O8. The molecule has 13 heteroatoms. The highest BCUT2D eigenvalue weighted by molar-refractivity contribution is 6.47. The van der Waals surface area contributed by atoms with Crippen molar-refractivity contribution in [2.24, 2.45) is 0 Å². The van der Waals surface area contributed by atoms with Gasteiger partial charge < -0.3 is 30.1 Å². The molecule has 0 spiro atoms. The van der Waals surface area contributed by atoms with Crippen LogP contribution >= 0.6 is 11.6 Å². The zero-order valence-electron chi connectivity index (χ0n) is 20.8. The van der Waals surface area contributed by atoms with E-state index in [-0.39, 0.29) is 30.1 Å². The Morgan fingerprint density at radius 2 is 1.89 bits per heavy atom. The highest BCUT2D eigenvalue weighted by atomic mass is 35.5. The summed E-state index contributed by atoms with van der Waals surface area (Å²) in [5, 5.41) is 32.8. The molecule has 1 saturated heterocycles. The van der Waals surface area contributed by atoms with E-state index in [2.05, 4.69) is 5.32 Å². The zero-order chi connectivity index (χ0) is 27.7. The predicted octanol–water partition coefficient (Wildman–Crippen LogP) is 1.95. The summed E-state index contributed by atoms with van der Waals surface area (Å²) in [4.78, 5) is 53.5. The predicted molar refractivity (Wildman–Crippen MR) is 137 cm³/mol. The minimum absolute atomic E-state index is 0.0336. The molecule has 11 nitrogen and oxygen atoms in total. The van der Waals surface area contributed by atoms with E-state index in [9.17, 15) is 34.4 Å². The quantitative estimate of drug-likeness (QED) is 0.245. The third-order valence-electron chi connectivity index (χ3n) is 6.81. The van der Waals surface area contributed by atoms with Gasteiger partial charge in [0, 0.05) is 43.5 Å². The SMILES string of the molecule is CCN1CCN(C(=O)NC(C(=O)C[C@H]2Cc3cccc(C)c3OB2O)c2cc(O)c(O)cc2Cl)C(=O)C1=O. The number of fused-ring (bicyclic) bond motifs is 1. The van der Waals surface area contributed by atoms with Crippen molar-refractivity contribution in [3.8, 4) is 17.2 Å². The first-order valence-corrected chi connectivity index (χ1v) is 12.5. The molecule has 2 heterocycles. The van der Waals surface area contributed by atoms with Crippen molar-refractivity contribution in [3.05, 3.63) is 52.0 Å². The van der Waals surface area contributed by atoms with Crippen LogP contribution < -0.4 is 9.97 Å². The zero-order valence-corrected chi connectivity index (χ0v) is 21.6. The van der Waals surface area contributed by atoms with Crippen molar-refractivity contribution in [2.45, 2.75) is 38.5 Å². The molecule has 1 fully saturated rings. The Morgan fingerprint density at radius 1 is 1.18 bits per heavy atom. The summed E-state index contributed by atoms with van der Waals surface area (Å²) < 4.78 is 5.66. The van der Waals surface area contributed by atoms with Crippen molar-refractivity contribution < 1.29 is 39.1 Å². The van der Waals surface area contributed by atoms with Crippen molar-refractivity contribution in [1.29, 1.82) is 0 Å². The lowest BCUT2D eigenvalue weighted by Gasteiger charge is -2.33. The maximum atomic E-state index is 13.6. The Kier molecular flexibility index (Phi) is 7.84. The minimum atomic E-state index is -1.47. The molecule has 4 amide bonds. The number of hydrogen-bond donors (Lipinski definition) is 4. The lowest BCUT2D eigenvalue weighted by atomic mass is 9.64. The molecule has 0 aromatic heterocycles. The molecule has 4 rings (SSSR count). The number of nitrogens with one attached hydrogen (secondary N) is 1. The Hall–Kier alpha value is -3.77. The molecule has 0 aliphatic carbocycles. The fraction of sp³-hybridized carbons (Fsp3) is 0.360. The number of piperazine rings is 1. The van der Waals surface area contributed by atoms with E-state index in [0.29, 0.717) is 23.6 Å². The average molecular weight is 544 g/mol. The topological polar surface area (TPSA) is 157 Å². The number of aromatic hydroxyl groups is 2. The Morgan fingerprint density at radius 3 is 2.61 bits per heavy atom. The van der Waals surface area contributed by atoms with Gasteiger partial charge in [0.15, 0.2) is 17.3 Å². The lowest BCUT2D eigenvalue weighted by molar-refractivity contribution is -0.153. The van der Waals surface area contributed by atoms with E-state index < -0.39 is 54.1 Å². The molecule has 38 heavy (non-hydrogen) atoms. The summed E-state index contributed by atoms with van der Waals surface area (Å²) >= 11 is 6.27. The lowest BCUT2D eigenvalue weighted by Crippen LogP contribution is -2.58. The summed E-state index contributed by atoms with van der Waals surface area (Å²) in [6, 6.07) is 5.10. The fourth-order valence-corrected chi connectivity index (χ4v) is 4.95. The van der Waals surface area contributed by atoms with E-state index in [1.54, 1.807) is 6.92 Å². The average Bonchev–Trinajstić information content (AvgIpc) is 2.87. The van der Waals surface area contributed by atoms with Crippen LogP contribution in [0.5, 0.6) is 17.2 Å². The van der Waals surface area contributed by atoms with Crippen LogP contribution in [-0.4, -0.2) is 75.4 Å². The van der Waals surface area contributed by atoms with Gasteiger partial charge in [-0.2, -0.15) is 0 Å². The first-order valence-electron chi connectivity index (χ1n) is 12.1. The number of nitrogens with zero attached hydrogens (tertiary/aromatic N) is 2. The maximum absolute atomic E-state index is 13.6. The summed E-state index contributed by atoms with van der Waals surface area (Å²) in [6.45, 7) is 3.91. The molecular weight excluding hydrogens is 517 g/mol. The highest BCUT2D eigenvalue weighted by Crippen LogP contribution is 2.39. The molecule has 2 atom stereocenters. The van der Waals surface area contributed by atoms with Crippen molar-refractivity contribution in [1.82, 2.24) is 15.1 Å². The van der Waals surface area contributed by atoms with Gasteiger partial charge in [-0.3, -0.25) is 19.3 Å². The number of phenols is 2. The molecule has 200 valence electrons. The van der Waals surface area contributed by atoms with Crippen LogP contribution in [0.25, 0.3) is 0 Å². The van der Waals surface area contributed by atoms with E-state index >= 15 is 0 Å². The van der Waals surface area contributed by atoms with E-state index in [0.717, 1.165) is 23.3 Å². The summed E-state index contributed by atoms with van der Waals surface area (Å²) in [7, 11) is -1.30. The number of aryl methyl sites for hydroxylation is 1. The van der Waals surface area contributed by atoms with Crippen LogP contribution in [0.4, 0.5) is 4.79 Å². The molecule has 2 aliphatic rings. The van der Waals surface area contributed by atoms with Gasteiger partial charge in [-0.1, -0.05) is 29.8 Å². The van der Waals surface area contributed by atoms with Gasteiger partial charge in [-0.05, 0) is 37.5 Å². The highest BCUT2D eigenvalue weighted by Gasteiger charge is 2.41. The second-order valence-corrected chi connectivity index (χ2v) is 9.70. The van der Waals surface area contributed by atoms with Gasteiger partial charge in [-0.15, -0.1) is 0 Å².